The normalized spacial score (nSPS) is 10.5. The molecule has 50 valence electrons. The van der Waals surface area contributed by atoms with Gasteiger partial charge in [-0.25, -0.2) is 0 Å². The minimum Gasteiger partial charge on any atom is -0.255 e. The van der Waals surface area contributed by atoms with Crippen LogP contribution in [-0.2, 0) is 0 Å². The monoisotopic (exact) mass is 149 g/mol. The fourth-order valence-corrected chi connectivity index (χ4v) is 1.78. The Labute approximate surface area is 63.3 Å². The molecule has 0 N–H and O–H groups in total. The van der Waals surface area contributed by atoms with Crippen molar-refractivity contribution in [3.8, 4) is 0 Å². The molecule has 0 aliphatic carbocycles. The van der Waals surface area contributed by atoms with E-state index in [4.69, 9.17) is 0 Å². The Balaban J connectivity index is 2.86. The van der Waals surface area contributed by atoms with Gasteiger partial charge >= 0.3 is 0 Å². The number of thiophene rings is 1. The lowest BCUT2D eigenvalue weighted by atomic mass is 10.3. The SMILES string of the molecule is Cc1cnc2ccsc2c1. The van der Waals surface area contributed by atoms with Crippen LogP contribution in [0.2, 0.25) is 0 Å². The summed E-state index contributed by atoms with van der Waals surface area (Å²) in [5, 5.41) is 2.07. The maximum atomic E-state index is 4.25. The van der Waals surface area contributed by atoms with Gasteiger partial charge in [0.1, 0.15) is 0 Å². The third-order valence-corrected chi connectivity index (χ3v) is 2.29. The van der Waals surface area contributed by atoms with Gasteiger partial charge in [0, 0.05) is 6.20 Å². The van der Waals surface area contributed by atoms with Gasteiger partial charge in [0.25, 0.3) is 0 Å². The second-order valence-corrected chi connectivity index (χ2v) is 3.26. The summed E-state index contributed by atoms with van der Waals surface area (Å²) in [7, 11) is 0. The summed E-state index contributed by atoms with van der Waals surface area (Å²) in [4.78, 5) is 4.25. The van der Waals surface area contributed by atoms with E-state index in [1.54, 1.807) is 11.3 Å². The molecular formula is C8H7NS. The number of hydrogen-bond donors (Lipinski definition) is 0. The lowest BCUT2D eigenvalue weighted by Crippen LogP contribution is -1.73. The number of hydrogen-bond acceptors (Lipinski definition) is 2. The van der Waals surface area contributed by atoms with Crippen molar-refractivity contribution in [3.05, 3.63) is 29.3 Å². The number of rotatable bonds is 0. The fraction of sp³-hybridized carbons (Fsp3) is 0.125. The molecular weight excluding hydrogens is 142 g/mol. The minimum atomic E-state index is 1.11. The van der Waals surface area contributed by atoms with Crippen LogP contribution >= 0.6 is 11.3 Å². The number of aromatic nitrogens is 1. The average Bonchev–Trinajstić information content (AvgIpc) is 2.33. The summed E-state index contributed by atoms with van der Waals surface area (Å²) in [5.74, 6) is 0. The van der Waals surface area contributed by atoms with Crippen LogP contribution < -0.4 is 0 Å². The number of aryl methyl sites for hydroxylation is 1. The van der Waals surface area contributed by atoms with Crippen molar-refractivity contribution in [3.63, 3.8) is 0 Å². The van der Waals surface area contributed by atoms with Gasteiger partial charge in [-0.1, -0.05) is 0 Å². The Morgan fingerprint density at radius 1 is 1.50 bits per heavy atom. The zero-order valence-electron chi connectivity index (χ0n) is 5.66. The molecule has 0 unspecified atom stereocenters. The topological polar surface area (TPSA) is 12.9 Å². The van der Waals surface area contributed by atoms with Crippen LogP contribution in [0.4, 0.5) is 0 Å². The van der Waals surface area contributed by atoms with Gasteiger partial charge in [0.15, 0.2) is 0 Å². The van der Waals surface area contributed by atoms with Crippen LogP contribution in [0.5, 0.6) is 0 Å². The fourth-order valence-electron chi connectivity index (χ4n) is 0.944. The van der Waals surface area contributed by atoms with Gasteiger partial charge < -0.3 is 0 Å². The summed E-state index contributed by atoms with van der Waals surface area (Å²) in [6.45, 7) is 2.06. The molecule has 0 fully saturated rings. The van der Waals surface area contributed by atoms with Gasteiger partial charge in [0.2, 0.25) is 0 Å². The summed E-state index contributed by atoms with van der Waals surface area (Å²) in [6.07, 6.45) is 1.90. The summed E-state index contributed by atoms with van der Waals surface area (Å²) in [5.41, 5.74) is 2.34. The molecule has 2 aromatic heterocycles. The molecule has 0 amide bonds. The van der Waals surface area contributed by atoms with Gasteiger partial charge in [-0.2, -0.15) is 0 Å². The molecule has 0 aromatic carbocycles. The molecule has 0 aliphatic heterocycles. The molecule has 2 heteroatoms. The average molecular weight is 149 g/mol. The zero-order chi connectivity index (χ0) is 6.97. The Kier molecular flexibility index (Phi) is 1.21. The summed E-state index contributed by atoms with van der Waals surface area (Å²) in [6, 6.07) is 4.20. The first-order chi connectivity index (χ1) is 4.86. The van der Waals surface area contributed by atoms with E-state index < -0.39 is 0 Å². The molecule has 0 spiro atoms. The van der Waals surface area contributed by atoms with Crippen molar-refractivity contribution >= 4 is 21.6 Å². The van der Waals surface area contributed by atoms with Crippen LogP contribution in [0.1, 0.15) is 5.56 Å². The first kappa shape index (κ1) is 5.86. The van der Waals surface area contributed by atoms with E-state index in [1.807, 2.05) is 12.3 Å². The smallest absolute Gasteiger partial charge is 0.0809 e. The van der Waals surface area contributed by atoms with Crippen molar-refractivity contribution in [2.45, 2.75) is 6.92 Å². The summed E-state index contributed by atoms with van der Waals surface area (Å²) >= 11 is 1.74. The van der Waals surface area contributed by atoms with Crippen LogP contribution in [0, 0.1) is 6.92 Å². The van der Waals surface area contributed by atoms with Crippen LogP contribution in [0.3, 0.4) is 0 Å². The molecule has 0 aliphatic rings. The molecule has 1 nitrogen and oxygen atoms in total. The molecule has 2 aromatic rings. The van der Waals surface area contributed by atoms with E-state index in [0.717, 1.165) is 5.52 Å². The quantitative estimate of drug-likeness (QED) is 0.561. The third-order valence-electron chi connectivity index (χ3n) is 1.44. The van der Waals surface area contributed by atoms with Crippen molar-refractivity contribution in [2.24, 2.45) is 0 Å². The molecule has 0 saturated carbocycles. The van der Waals surface area contributed by atoms with Crippen molar-refractivity contribution in [2.75, 3.05) is 0 Å². The van der Waals surface area contributed by atoms with E-state index in [-0.39, 0.29) is 0 Å². The van der Waals surface area contributed by atoms with Crippen molar-refractivity contribution in [1.29, 1.82) is 0 Å². The maximum Gasteiger partial charge on any atom is 0.0809 e. The lowest BCUT2D eigenvalue weighted by Gasteiger charge is -1.89. The summed E-state index contributed by atoms with van der Waals surface area (Å²) < 4.78 is 1.28. The number of pyridine rings is 1. The number of fused-ring (bicyclic) bond motifs is 1. The minimum absolute atomic E-state index is 1.11. The van der Waals surface area contributed by atoms with Gasteiger partial charge in [-0.3, -0.25) is 4.98 Å². The Morgan fingerprint density at radius 2 is 2.40 bits per heavy atom. The molecule has 10 heavy (non-hydrogen) atoms. The highest BCUT2D eigenvalue weighted by atomic mass is 32.1. The lowest BCUT2D eigenvalue weighted by molar-refractivity contribution is 1.34. The molecule has 0 atom stereocenters. The molecule has 2 heterocycles. The van der Waals surface area contributed by atoms with Gasteiger partial charge in [-0.15, -0.1) is 11.3 Å². The van der Waals surface area contributed by atoms with E-state index in [9.17, 15) is 0 Å². The second-order valence-electron chi connectivity index (χ2n) is 2.32. The van der Waals surface area contributed by atoms with E-state index in [2.05, 4.69) is 23.4 Å². The van der Waals surface area contributed by atoms with Gasteiger partial charge in [-0.05, 0) is 30.0 Å². The molecule has 2 rings (SSSR count). The third kappa shape index (κ3) is 0.809. The largest absolute Gasteiger partial charge is 0.255 e. The highest BCUT2D eigenvalue weighted by molar-refractivity contribution is 7.17. The zero-order valence-corrected chi connectivity index (χ0v) is 6.48. The highest BCUT2D eigenvalue weighted by Crippen LogP contribution is 2.18. The van der Waals surface area contributed by atoms with E-state index in [1.165, 1.54) is 10.3 Å². The molecule has 0 bridgehead atoms. The van der Waals surface area contributed by atoms with Crippen LogP contribution in [-0.4, -0.2) is 4.98 Å². The molecule has 0 saturated heterocycles. The van der Waals surface area contributed by atoms with Gasteiger partial charge in [0.05, 0.1) is 10.2 Å². The maximum absolute atomic E-state index is 4.25. The first-order valence-electron chi connectivity index (χ1n) is 3.16. The standard InChI is InChI=1S/C8H7NS/c1-6-4-8-7(9-5-6)2-3-10-8/h2-5H,1H3. The Hall–Kier alpha value is -0.890. The second kappa shape index (κ2) is 2.06. The van der Waals surface area contributed by atoms with Crippen molar-refractivity contribution in [1.82, 2.24) is 4.98 Å². The predicted octanol–water partition coefficient (Wildman–Crippen LogP) is 2.60. The Morgan fingerprint density at radius 3 is 3.30 bits per heavy atom. The van der Waals surface area contributed by atoms with Crippen molar-refractivity contribution < 1.29 is 0 Å². The Bertz CT molecular complexity index is 351. The first-order valence-corrected chi connectivity index (χ1v) is 4.04. The molecule has 0 radical (unpaired) electrons. The highest BCUT2D eigenvalue weighted by Gasteiger charge is 1.93. The van der Waals surface area contributed by atoms with Crippen LogP contribution in [0.15, 0.2) is 23.7 Å². The van der Waals surface area contributed by atoms with E-state index >= 15 is 0 Å². The van der Waals surface area contributed by atoms with Crippen LogP contribution in [0.25, 0.3) is 10.2 Å². The van der Waals surface area contributed by atoms with E-state index in [0.29, 0.717) is 0 Å². The number of nitrogens with zero attached hydrogens (tertiary/aromatic N) is 1. The predicted molar refractivity (Wildman–Crippen MR) is 44.4 cm³/mol.